The number of aliphatic hydroxyl groups excluding tert-OH is 1. The van der Waals surface area contributed by atoms with Crippen molar-refractivity contribution < 1.29 is 5.11 Å². The maximum atomic E-state index is 12.1. The molecular weight excluding hydrogens is 322 g/mol. The highest BCUT2D eigenvalue weighted by molar-refractivity contribution is 9.10. The van der Waals surface area contributed by atoms with E-state index in [0.29, 0.717) is 16.7 Å². The van der Waals surface area contributed by atoms with Crippen LogP contribution in [0.4, 0.5) is 5.69 Å². The molecule has 1 atom stereocenters. The van der Waals surface area contributed by atoms with Crippen molar-refractivity contribution in [2.75, 3.05) is 11.9 Å². The molecule has 0 saturated carbocycles. The predicted octanol–water partition coefficient (Wildman–Crippen LogP) is 2.80. The molecule has 6 heteroatoms. The summed E-state index contributed by atoms with van der Waals surface area (Å²) in [4.78, 5) is 12.1. The van der Waals surface area contributed by atoms with E-state index in [2.05, 4.69) is 40.2 Å². The minimum atomic E-state index is -0.426. The first-order valence-corrected chi connectivity index (χ1v) is 7.90. The fraction of sp³-hybridized carbons (Fsp3) is 0.714. The van der Waals surface area contributed by atoms with E-state index < -0.39 is 6.10 Å². The van der Waals surface area contributed by atoms with Crippen LogP contribution in [0.1, 0.15) is 46.6 Å². The van der Waals surface area contributed by atoms with Crippen LogP contribution >= 0.6 is 15.9 Å². The lowest BCUT2D eigenvalue weighted by Gasteiger charge is -2.21. The second-order valence-electron chi connectivity index (χ2n) is 5.24. The Morgan fingerprint density at radius 3 is 2.50 bits per heavy atom. The number of hydrogen-bond donors (Lipinski definition) is 2. The zero-order chi connectivity index (χ0) is 15.3. The first-order chi connectivity index (χ1) is 9.42. The highest BCUT2D eigenvalue weighted by Gasteiger charge is 2.16. The molecule has 0 fully saturated rings. The zero-order valence-electron chi connectivity index (χ0n) is 12.6. The van der Waals surface area contributed by atoms with Crippen molar-refractivity contribution in [3.63, 3.8) is 0 Å². The van der Waals surface area contributed by atoms with Crippen LogP contribution in [0.25, 0.3) is 0 Å². The molecule has 1 unspecified atom stereocenters. The predicted molar refractivity (Wildman–Crippen MR) is 85.2 cm³/mol. The smallest absolute Gasteiger partial charge is 0.283 e. The summed E-state index contributed by atoms with van der Waals surface area (Å²) in [5, 5.41) is 17.3. The lowest BCUT2D eigenvalue weighted by Crippen LogP contribution is -2.30. The van der Waals surface area contributed by atoms with Crippen LogP contribution in [0.5, 0.6) is 0 Å². The van der Waals surface area contributed by atoms with Crippen LogP contribution in [-0.4, -0.2) is 27.5 Å². The molecule has 0 saturated heterocycles. The van der Waals surface area contributed by atoms with Crippen molar-refractivity contribution in [3.05, 3.63) is 21.0 Å². The van der Waals surface area contributed by atoms with Crippen molar-refractivity contribution in [1.29, 1.82) is 0 Å². The van der Waals surface area contributed by atoms with Gasteiger partial charge in [-0.15, -0.1) is 0 Å². The number of nitrogens with one attached hydrogen (secondary N) is 1. The van der Waals surface area contributed by atoms with Crippen molar-refractivity contribution in [2.24, 2.45) is 5.92 Å². The zero-order valence-corrected chi connectivity index (χ0v) is 14.1. The minimum Gasteiger partial charge on any atom is -0.391 e. The van der Waals surface area contributed by atoms with Gasteiger partial charge in [0.05, 0.1) is 24.0 Å². The molecule has 0 aromatic carbocycles. The maximum absolute atomic E-state index is 12.1. The van der Waals surface area contributed by atoms with Gasteiger partial charge in [0.25, 0.3) is 5.56 Å². The molecule has 0 amide bonds. The normalized spacial score (nSPS) is 13.0. The van der Waals surface area contributed by atoms with Gasteiger partial charge in [-0.25, -0.2) is 4.68 Å². The van der Waals surface area contributed by atoms with E-state index >= 15 is 0 Å². The Hall–Kier alpha value is -0.880. The van der Waals surface area contributed by atoms with Crippen LogP contribution in [0.2, 0.25) is 0 Å². The molecule has 1 heterocycles. The topological polar surface area (TPSA) is 67.2 Å². The largest absolute Gasteiger partial charge is 0.391 e. The Bertz CT molecular complexity index is 484. The van der Waals surface area contributed by atoms with Crippen LogP contribution in [0, 0.1) is 5.92 Å². The Morgan fingerprint density at radius 1 is 1.40 bits per heavy atom. The summed E-state index contributed by atoms with van der Waals surface area (Å²) in [5.74, 6) is 0.269. The second-order valence-corrected chi connectivity index (χ2v) is 6.03. The van der Waals surface area contributed by atoms with Crippen LogP contribution in [0.15, 0.2) is 15.5 Å². The quantitative estimate of drug-likeness (QED) is 0.797. The lowest BCUT2D eigenvalue weighted by molar-refractivity contribution is 0.114. The summed E-state index contributed by atoms with van der Waals surface area (Å²) < 4.78 is 1.88. The molecule has 2 N–H and O–H groups in total. The number of nitrogens with zero attached hydrogens (tertiary/aromatic N) is 2. The molecule has 5 nitrogen and oxygen atoms in total. The Kier molecular flexibility index (Phi) is 6.68. The van der Waals surface area contributed by atoms with E-state index in [4.69, 9.17) is 0 Å². The molecular formula is C14H24BrN3O2. The molecule has 0 spiro atoms. The van der Waals surface area contributed by atoms with Crippen molar-refractivity contribution in [2.45, 2.75) is 52.7 Å². The molecule has 0 aliphatic rings. The van der Waals surface area contributed by atoms with Gasteiger partial charge in [-0.3, -0.25) is 4.79 Å². The average Bonchev–Trinajstić information content (AvgIpc) is 2.41. The van der Waals surface area contributed by atoms with Crippen LogP contribution in [0.3, 0.4) is 0 Å². The van der Waals surface area contributed by atoms with E-state index in [1.54, 1.807) is 6.20 Å². The number of rotatable bonds is 7. The Balaban J connectivity index is 2.80. The molecule has 1 rings (SSSR count). The lowest BCUT2D eigenvalue weighted by atomic mass is 9.96. The third kappa shape index (κ3) is 4.06. The third-order valence-corrected chi connectivity index (χ3v) is 4.29. The summed E-state index contributed by atoms with van der Waals surface area (Å²) in [7, 11) is 0. The highest BCUT2D eigenvalue weighted by Crippen LogP contribution is 2.19. The Morgan fingerprint density at radius 2 is 2.00 bits per heavy atom. The highest BCUT2D eigenvalue weighted by atomic mass is 79.9. The second kappa shape index (κ2) is 7.78. The summed E-state index contributed by atoms with van der Waals surface area (Å²) in [6.07, 6.45) is 3.07. The van der Waals surface area contributed by atoms with E-state index in [9.17, 15) is 9.90 Å². The molecule has 0 radical (unpaired) electrons. The van der Waals surface area contributed by atoms with Gasteiger partial charge >= 0.3 is 0 Å². The van der Waals surface area contributed by atoms with Gasteiger partial charge in [0.15, 0.2) is 0 Å². The van der Waals surface area contributed by atoms with Gasteiger partial charge < -0.3 is 10.4 Å². The monoisotopic (exact) mass is 345 g/mol. The number of aliphatic hydroxyl groups is 1. The molecule has 1 aromatic rings. The average molecular weight is 346 g/mol. The summed E-state index contributed by atoms with van der Waals surface area (Å²) in [6.45, 7) is 8.37. The Labute approximate surface area is 128 Å². The number of aromatic nitrogens is 2. The molecule has 0 aliphatic carbocycles. The first kappa shape index (κ1) is 17.2. The van der Waals surface area contributed by atoms with E-state index in [1.165, 1.54) is 4.68 Å². The SMILES string of the molecule is CCC(CC)C(O)CNc1cnn(C(C)C)c(=O)c1Br. The molecule has 20 heavy (non-hydrogen) atoms. The molecule has 0 aliphatic heterocycles. The van der Waals surface area contributed by atoms with Gasteiger partial charge in [0.1, 0.15) is 4.47 Å². The number of halogens is 1. The number of anilines is 1. The van der Waals surface area contributed by atoms with Crippen LogP contribution in [-0.2, 0) is 0 Å². The third-order valence-electron chi connectivity index (χ3n) is 3.53. The summed E-state index contributed by atoms with van der Waals surface area (Å²) in [6, 6.07) is 0.0167. The summed E-state index contributed by atoms with van der Waals surface area (Å²) in [5.41, 5.74) is 0.457. The van der Waals surface area contributed by atoms with Crippen LogP contribution < -0.4 is 10.9 Å². The molecule has 0 bridgehead atoms. The van der Waals surface area contributed by atoms with Gasteiger partial charge in [-0.2, -0.15) is 5.10 Å². The molecule has 114 valence electrons. The standard InChI is InChI=1S/C14H24BrN3O2/c1-5-10(6-2)12(19)8-16-11-7-17-18(9(3)4)14(20)13(11)15/h7,9-10,12,16,19H,5-6,8H2,1-4H3. The minimum absolute atomic E-state index is 0.0167. The van der Waals surface area contributed by atoms with Crippen molar-refractivity contribution in [3.8, 4) is 0 Å². The molecule has 1 aromatic heterocycles. The van der Waals surface area contributed by atoms with Gasteiger partial charge in [-0.1, -0.05) is 26.7 Å². The van der Waals surface area contributed by atoms with E-state index in [1.807, 2.05) is 13.8 Å². The summed E-state index contributed by atoms with van der Waals surface area (Å²) >= 11 is 3.30. The van der Waals surface area contributed by atoms with E-state index in [0.717, 1.165) is 12.8 Å². The van der Waals surface area contributed by atoms with Crippen molar-refractivity contribution >= 4 is 21.6 Å². The maximum Gasteiger partial charge on any atom is 0.283 e. The fourth-order valence-corrected chi connectivity index (χ4v) is 2.57. The van der Waals surface area contributed by atoms with Crippen molar-refractivity contribution in [1.82, 2.24) is 9.78 Å². The van der Waals surface area contributed by atoms with Gasteiger partial charge in [-0.05, 0) is 35.7 Å². The van der Waals surface area contributed by atoms with Gasteiger partial charge in [0.2, 0.25) is 0 Å². The first-order valence-electron chi connectivity index (χ1n) is 7.11. The number of hydrogen-bond acceptors (Lipinski definition) is 4. The van der Waals surface area contributed by atoms with Gasteiger partial charge in [0, 0.05) is 6.54 Å². The van der Waals surface area contributed by atoms with E-state index in [-0.39, 0.29) is 17.5 Å². The fourth-order valence-electron chi connectivity index (χ4n) is 2.15.